The largest absolute Gasteiger partial charge is 0.383 e. The molecule has 0 bridgehead atoms. The molecule has 3 heterocycles. The minimum atomic E-state index is -0.390. The Hall–Kier alpha value is -4.38. The zero-order valence-electron chi connectivity index (χ0n) is 22.4. The minimum absolute atomic E-state index is 0.319. The maximum Gasteiger partial charge on any atom is 0.332 e. The summed E-state index contributed by atoms with van der Waals surface area (Å²) in [5.41, 5.74) is 4.03. The van der Waals surface area contributed by atoms with Crippen LogP contribution in [-0.2, 0) is 31.3 Å². The fraction of sp³-hybridized carbons (Fsp3) is 0.357. The summed E-state index contributed by atoms with van der Waals surface area (Å²) >= 11 is 0. The van der Waals surface area contributed by atoms with Gasteiger partial charge in [-0.15, -0.1) is 10.2 Å². The van der Waals surface area contributed by atoms with E-state index in [-0.39, 0.29) is 11.2 Å². The van der Waals surface area contributed by atoms with Gasteiger partial charge in [0.2, 0.25) is 5.82 Å². The number of nitrogens with zero attached hydrogens (tertiary/aromatic N) is 7. The molecular formula is C28H32N8O3. The third-order valence-corrected chi connectivity index (χ3v) is 6.95. The molecule has 5 aromatic rings. The van der Waals surface area contributed by atoms with Crippen LogP contribution in [0.2, 0.25) is 0 Å². The van der Waals surface area contributed by atoms with Gasteiger partial charge in [-0.05, 0) is 28.3 Å². The number of hydrogen-bond acceptors (Lipinski definition) is 7. The highest BCUT2D eigenvalue weighted by Crippen LogP contribution is 2.30. The molecule has 0 fully saturated rings. The van der Waals surface area contributed by atoms with Crippen LogP contribution in [0.5, 0.6) is 0 Å². The zero-order valence-corrected chi connectivity index (χ0v) is 22.4. The number of aryl methyl sites for hydroxylation is 1. The Labute approximate surface area is 225 Å². The highest BCUT2D eigenvalue weighted by Gasteiger charge is 2.20. The number of ether oxygens (including phenoxy) is 1. The molecule has 3 aromatic heterocycles. The number of benzene rings is 2. The number of rotatable bonds is 11. The summed E-state index contributed by atoms with van der Waals surface area (Å²) in [6, 6.07) is 16.1. The molecular weight excluding hydrogens is 496 g/mol. The van der Waals surface area contributed by atoms with Crippen molar-refractivity contribution in [2.75, 3.05) is 13.7 Å². The number of aromatic nitrogens is 8. The SMILES string of the molecule is CCCCCc1nc2c(c(=O)n(C)c(=O)n2CCOC)n1Cc1ccc(-c2ccccc2-c2nn[nH]n2)cc1. The van der Waals surface area contributed by atoms with Crippen molar-refractivity contribution in [2.24, 2.45) is 7.05 Å². The molecule has 0 aliphatic rings. The fourth-order valence-electron chi connectivity index (χ4n) is 4.86. The lowest BCUT2D eigenvalue weighted by atomic mass is 9.98. The van der Waals surface area contributed by atoms with Gasteiger partial charge in [0.05, 0.1) is 13.2 Å². The molecule has 0 spiro atoms. The van der Waals surface area contributed by atoms with Crippen LogP contribution >= 0.6 is 0 Å². The second-order valence-electron chi connectivity index (χ2n) is 9.51. The van der Waals surface area contributed by atoms with E-state index in [4.69, 9.17) is 9.72 Å². The smallest absolute Gasteiger partial charge is 0.332 e. The van der Waals surface area contributed by atoms with E-state index in [0.717, 1.165) is 58.3 Å². The highest BCUT2D eigenvalue weighted by molar-refractivity contribution is 5.80. The Bertz CT molecular complexity index is 1680. The second-order valence-corrected chi connectivity index (χ2v) is 9.51. The average molecular weight is 529 g/mol. The third kappa shape index (κ3) is 5.17. The van der Waals surface area contributed by atoms with E-state index in [1.165, 1.54) is 11.6 Å². The first-order valence-electron chi connectivity index (χ1n) is 13.1. The van der Waals surface area contributed by atoms with Gasteiger partial charge < -0.3 is 9.30 Å². The second kappa shape index (κ2) is 11.6. The summed E-state index contributed by atoms with van der Waals surface area (Å²) in [6.45, 7) is 3.28. The third-order valence-electron chi connectivity index (χ3n) is 6.95. The van der Waals surface area contributed by atoms with Gasteiger partial charge >= 0.3 is 5.69 Å². The minimum Gasteiger partial charge on any atom is -0.383 e. The maximum absolute atomic E-state index is 13.4. The Morgan fingerprint density at radius 1 is 0.974 bits per heavy atom. The summed E-state index contributed by atoms with van der Waals surface area (Å²) in [7, 11) is 3.10. The molecule has 0 saturated heterocycles. The van der Waals surface area contributed by atoms with Gasteiger partial charge in [-0.25, -0.2) is 9.78 Å². The summed E-state index contributed by atoms with van der Waals surface area (Å²) in [5, 5.41) is 14.5. The van der Waals surface area contributed by atoms with Crippen LogP contribution in [0.1, 0.15) is 37.6 Å². The first-order chi connectivity index (χ1) is 19.0. The quantitative estimate of drug-likeness (QED) is 0.261. The molecule has 1 N–H and O–H groups in total. The molecule has 0 atom stereocenters. The van der Waals surface area contributed by atoms with E-state index in [0.29, 0.717) is 36.7 Å². The van der Waals surface area contributed by atoms with Crippen molar-refractivity contribution in [3.63, 3.8) is 0 Å². The van der Waals surface area contributed by atoms with E-state index in [1.807, 2.05) is 28.8 Å². The van der Waals surface area contributed by atoms with Crippen molar-refractivity contribution in [3.05, 3.63) is 80.8 Å². The van der Waals surface area contributed by atoms with Crippen molar-refractivity contribution >= 4 is 11.2 Å². The van der Waals surface area contributed by atoms with E-state index in [9.17, 15) is 9.59 Å². The number of nitrogens with one attached hydrogen (secondary N) is 1. The lowest BCUT2D eigenvalue weighted by molar-refractivity contribution is 0.186. The molecule has 0 radical (unpaired) electrons. The van der Waals surface area contributed by atoms with Gasteiger partial charge in [0.25, 0.3) is 5.56 Å². The molecule has 39 heavy (non-hydrogen) atoms. The van der Waals surface area contributed by atoms with E-state index >= 15 is 0 Å². The molecule has 0 unspecified atom stereocenters. The number of imidazole rings is 1. The number of methoxy groups -OCH3 is 1. The van der Waals surface area contributed by atoms with E-state index in [1.54, 1.807) is 7.11 Å². The van der Waals surface area contributed by atoms with Crippen LogP contribution in [0.3, 0.4) is 0 Å². The monoisotopic (exact) mass is 528 g/mol. The van der Waals surface area contributed by atoms with Crippen molar-refractivity contribution in [3.8, 4) is 22.5 Å². The molecule has 2 aromatic carbocycles. The molecule has 0 amide bonds. The Morgan fingerprint density at radius 3 is 2.44 bits per heavy atom. The predicted molar refractivity (Wildman–Crippen MR) is 148 cm³/mol. The zero-order chi connectivity index (χ0) is 27.4. The summed E-state index contributed by atoms with van der Waals surface area (Å²) < 4.78 is 9.88. The van der Waals surface area contributed by atoms with Crippen molar-refractivity contribution in [1.82, 2.24) is 39.3 Å². The molecule has 202 valence electrons. The number of unbranched alkanes of at least 4 members (excludes halogenated alkanes) is 2. The first-order valence-corrected chi connectivity index (χ1v) is 13.1. The van der Waals surface area contributed by atoms with Gasteiger partial charge in [0, 0.05) is 32.7 Å². The fourth-order valence-corrected chi connectivity index (χ4v) is 4.86. The standard InChI is InChI=1S/C28H32N8O3/c1-4-5-6-11-23-29-26-24(27(37)34(2)28(38)35(26)16-17-39-3)36(23)18-19-12-14-20(15-13-19)21-9-7-8-10-22(21)25-30-32-33-31-25/h7-10,12-15H,4-6,11,16-18H2,1-3H3,(H,30,31,32,33). The predicted octanol–water partition coefficient (Wildman–Crippen LogP) is 3.17. The van der Waals surface area contributed by atoms with Crippen LogP contribution in [0.25, 0.3) is 33.7 Å². The van der Waals surface area contributed by atoms with Gasteiger partial charge in [-0.1, -0.05) is 68.3 Å². The molecule has 0 aliphatic heterocycles. The van der Waals surface area contributed by atoms with Crippen LogP contribution in [0, 0.1) is 0 Å². The molecule has 5 rings (SSSR count). The number of H-pyrrole nitrogens is 1. The van der Waals surface area contributed by atoms with E-state index < -0.39 is 0 Å². The van der Waals surface area contributed by atoms with Gasteiger partial charge in [-0.3, -0.25) is 13.9 Å². The first kappa shape index (κ1) is 26.2. The maximum atomic E-state index is 13.4. The van der Waals surface area contributed by atoms with Gasteiger partial charge in [0.1, 0.15) is 5.82 Å². The normalized spacial score (nSPS) is 11.5. The highest BCUT2D eigenvalue weighted by atomic mass is 16.5. The van der Waals surface area contributed by atoms with Crippen molar-refractivity contribution in [1.29, 1.82) is 0 Å². The summed E-state index contributed by atoms with van der Waals surface area (Å²) in [6.07, 6.45) is 3.81. The summed E-state index contributed by atoms with van der Waals surface area (Å²) in [4.78, 5) is 31.1. The van der Waals surface area contributed by atoms with Gasteiger partial charge in [-0.2, -0.15) is 5.21 Å². The van der Waals surface area contributed by atoms with E-state index in [2.05, 4.69) is 51.8 Å². The Kier molecular flexibility index (Phi) is 7.78. The van der Waals surface area contributed by atoms with Crippen LogP contribution in [0.15, 0.2) is 58.1 Å². The van der Waals surface area contributed by atoms with Crippen LogP contribution in [-0.4, -0.2) is 53.0 Å². The number of fused-ring (bicyclic) bond motifs is 1. The van der Waals surface area contributed by atoms with Crippen LogP contribution in [0.4, 0.5) is 0 Å². The topological polar surface area (TPSA) is 126 Å². The lowest BCUT2D eigenvalue weighted by Gasteiger charge is -2.12. The molecule has 11 nitrogen and oxygen atoms in total. The lowest BCUT2D eigenvalue weighted by Crippen LogP contribution is -2.39. The Morgan fingerprint density at radius 2 is 1.74 bits per heavy atom. The van der Waals surface area contributed by atoms with Crippen molar-refractivity contribution < 1.29 is 4.74 Å². The van der Waals surface area contributed by atoms with Gasteiger partial charge in [0.15, 0.2) is 11.2 Å². The van der Waals surface area contributed by atoms with Crippen LogP contribution < -0.4 is 11.2 Å². The molecule has 0 aliphatic carbocycles. The number of hydrogen-bond donors (Lipinski definition) is 1. The molecule has 11 heteroatoms. The average Bonchev–Trinajstić information content (AvgIpc) is 3.62. The molecule has 0 saturated carbocycles. The Balaban J connectivity index is 1.56. The number of aromatic amines is 1. The summed E-state index contributed by atoms with van der Waals surface area (Å²) in [5.74, 6) is 1.34. The van der Waals surface area contributed by atoms with Crippen molar-refractivity contribution in [2.45, 2.75) is 45.7 Å². The number of tetrazole rings is 1.